The van der Waals surface area contributed by atoms with Gasteiger partial charge >= 0.3 is 5.97 Å². The molecule has 1 aromatic heterocycles. The zero-order chi connectivity index (χ0) is 14.5. The first kappa shape index (κ1) is 13.8. The fraction of sp³-hybridized carbons (Fsp3) is 0.214. The molecular formula is C14H14N2O4. The maximum absolute atomic E-state index is 11.9. The highest BCUT2D eigenvalue weighted by molar-refractivity contribution is 6.02. The maximum atomic E-state index is 11.9. The average molecular weight is 274 g/mol. The second-order valence-electron chi connectivity index (χ2n) is 4.00. The number of hydrogen-bond donors (Lipinski definition) is 1. The Morgan fingerprint density at radius 3 is 2.55 bits per heavy atom. The van der Waals surface area contributed by atoms with Crippen LogP contribution in [0.1, 0.15) is 33.7 Å². The Labute approximate surface area is 115 Å². The largest absolute Gasteiger partial charge is 0.465 e. The van der Waals surface area contributed by atoms with E-state index >= 15 is 0 Å². The fourth-order valence-electron chi connectivity index (χ4n) is 1.58. The van der Waals surface area contributed by atoms with Crippen molar-refractivity contribution >= 4 is 17.6 Å². The Morgan fingerprint density at radius 1 is 1.30 bits per heavy atom. The smallest absolute Gasteiger partial charge is 0.337 e. The van der Waals surface area contributed by atoms with Crippen molar-refractivity contribution in [3.63, 3.8) is 0 Å². The van der Waals surface area contributed by atoms with Gasteiger partial charge in [-0.3, -0.25) is 4.79 Å². The van der Waals surface area contributed by atoms with Gasteiger partial charge in [0.25, 0.3) is 5.91 Å². The molecule has 0 fully saturated rings. The number of nitrogens with zero attached hydrogens (tertiary/aromatic N) is 1. The van der Waals surface area contributed by atoms with Gasteiger partial charge in [0, 0.05) is 12.1 Å². The van der Waals surface area contributed by atoms with Crippen LogP contribution in [-0.4, -0.2) is 24.0 Å². The van der Waals surface area contributed by atoms with Gasteiger partial charge in [0.05, 0.1) is 12.7 Å². The van der Waals surface area contributed by atoms with Gasteiger partial charge < -0.3 is 14.5 Å². The number of esters is 1. The molecule has 20 heavy (non-hydrogen) atoms. The molecule has 0 aliphatic carbocycles. The lowest BCUT2D eigenvalue weighted by atomic mass is 10.2. The third-order valence-corrected chi connectivity index (χ3v) is 2.65. The Morgan fingerprint density at radius 2 is 2.00 bits per heavy atom. The molecule has 2 aromatic rings. The van der Waals surface area contributed by atoms with E-state index in [2.05, 4.69) is 15.0 Å². The van der Waals surface area contributed by atoms with Crippen molar-refractivity contribution in [2.45, 2.75) is 13.3 Å². The van der Waals surface area contributed by atoms with Crippen LogP contribution in [-0.2, 0) is 11.2 Å². The first-order valence-electron chi connectivity index (χ1n) is 6.08. The lowest BCUT2D eigenvalue weighted by molar-refractivity contribution is 0.0600. The van der Waals surface area contributed by atoms with Crippen LogP contribution in [0, 0.1) is 0 Å². The molecule has 0 atom stereocenters. The molecule has 104 valence electrons. The predicted molar refractivity (Wildman–Crippen MR) is 71.6 cm³/mol. The Kier molecular flexibility index (Phi) is 4.14. The number of benzene rings is 1. The highest BCUT2D eigenvalue weighted by atomic mass is 16.5. The molecule has 0 aliphatic heterocycles. The van der Waals surface area contributed by atoms with Crippen LogP contribution >= 0.6 is 0 Å². The van der Waals surface area contributed by atoms with Crippen LogP contribution < -0.4 is 5.32 Å². The summed E-state index contributed by atoms with van der Waals surface area (Å²) in [6.07, 6.45) is 1.94. The summed E-state index contributed by atoms with van der Waals surface area (Å²) in [5.41, 5.74) is 1.20. The number of methoxy groups -OCH3 is 1. The monoisotopic (exact) mass is 274 g/mol. The highest BCUT2D eigenvalue weighted by Gasteiger charge is 2.12. The molecule has 0 unspecified atom stereocenters. The quantitative estimate of drug-likeness (QED) is 0.865. The molecule has 0 radical (unpaired) electrons. The Bertz CT molecular complexity index is 616. The predicted octanol–water partition coefficient (Wildman–Crippen LogP) is 2.28. The molecule has 2 rings (SSSR count). The van der Waals surface area contributed by atoms with E-state index < -0.39 is 5.97 Å². The Balaban J connectivity index is 2.06. The number of anilines is 1. The van der Waals surface area contributed by atoms with Crippen LogP contribution in [0.2, 0.25) is 0 Å². The molecule has 1 amide bonds. The third-order valence-electron chi connectivity index (χ3n) is 2.65. The van der Waals surface area contributed by atoms with Crippen LogP contribution in [0.25, 0.3) is 0 Å². The summed E-state index contributed by atoms with van der Waals surface area (Å²) in [7, 11) is 1.31. The molecular weight excluding hydrogens is 260 g/mol. The molecule has 0 saturated carbocycles. The number of aromatic nitrogens is 1. The normalized spacial score (nSPS) is 10.1. The second-order valence-corrected chi connectivity index (χ2v) is 4.00. The van der Waals surface area contributed by atoms with Crippen molar-refractivity contribution < 1.29 is 18.7 Å². The van der Waals surface area contributed by atoms with Crippen LogP contribution in [0.15, 0.2) is 34.9 Å². The number of ether oxygens (including phenoxy) is 1. The summed E-state index contributed by atoms with van der Waals surface area (Å²) in [5, 5.41) is 2.67. The van der Waals surface area contributed by atoms with Crippen molar-refractivity contribution in [3.05, 3.63) is 47.7 Å². The average Bonchev–Trinajstić information content (AvgIpc) is 2.96. The number of oxazole rings is 1. The third kappa shape index (κ3) is 3.03. The lowest BCUT2D eigenvalue weighted by Gasteiger charge is -2.04. The van der Waals surface area contributed by atoms with Crippen molar-refractivity contribution in [1.82, 2.24) is 4.98 Å². The van der Waals surface area contributed by atoms with Gasteiger partial charge in [-0.05, 0) is 24.3 Å². The zero-order valence-electron chi connectivity index (χ0n) is 11.2. The highest BCUT2D eigenvalue weighted by Crippen LogP contribution is 2.12. The minimum Gasteiger partial charge on any atom is -0.465 e. The SMILES string of the molecule is CCc1nc(C(=O)Nc2ccc(C(=O)OC)cc2)co1. The summed E-state index contributed by atoms with van der Waals surface area (Å²) in [5.74, 6) is -0.276. The summed E-state index contributed by atoms with van der Waals surface area (Å²) in [6.45, 7) is 1.89. The van der Waals surface area contributed by atoms with E-state index in [1.54, 1.807) is 24.3 Å². The van der Waals surface area contributed by atoms with Crippen molar-refractivity contribution in [2.75, 3.05) is 12.4 Å². The topological polar surface area (TPSA) is 81.4 Å². The van der Waals surface area contributed by atoms with E-state index in [4.69, 9.17) is 4.42 Å². The van der Waals surface area contributed by atoms with E-state index in [1.165, 1.54) is 13.4 Å². The molecule has 1 aromatic carbocycles. The molecule has 1 N–H and O–H groups in total. The summed E-state index contributed by atoms with van der Waals surface area (Å²) in [4.78, 5) is 27.2. The number of carbonyl (C=O) groups is 2. The standard InChI is InChI=1S/C14H14N2O4/c1-3-12-16-11(8-20-12)13(17)15-10-6-4-9(5-7-10)14(18)19-2/h4-8H,3H2,1-2H3,(H,15,17). The summed E-state index contributed by atoms with van der Waals surface area (Å²) in [6, 6.07) is 6.37. The number of nitrogens with one attached hydrogen (secondary N) is 1. The van der Waals surface area contributed by atoms with Gasteiger partial charge in [-0.2, -0.15) is 0 Å². The number of rotatable bonds is 4. The van der Waals surface area contributed by atoms with Crippen LogP contribution in [0.5, 0.6) is 0 Å². The zero-order valence-corrected chi connectivity index (χ0v) is 11.2. The Hall–Kier alpha value is -2.63. The molecule has 0 spiro atoms. The van der Waals surface area contributed by atoms with Gasteiger partial charge in [-0.1, -0.05) is 6.92 Å². The van der Waals surface area contributed by atoms with E-state index in [1.807, 2.05) is 6.92 Å². The number of aryl methyl sites for hydroxylation is 1. The van der Waals surface area contributed by atoms with Crippen molar-refractivity contribution in [2.24, 2.45) is 0 Å². The maximum Gasteiger partial charge on any atom is 0.337 e. The minimum atomic E-state index is -0.424. The van der Waals surface area contributed by atoms with E-state index in [-0.39, 0.29) is 11.6 Å². The number of carbonyl (C=O) groups excluding carboxylic acids is 2. The van der Waals surface area contributed by atoms with Gasteiger partial charge in [-0.25, -0.2) is 9.78 Å². The second kappa shape index (κ2) is 6.01. The summed E-state index contributed by atoms with van der Waals surface area (Å²) < 4.78 is 9.70. The van der Waals surface area contributed by atoms with Crippen molar-refractivity contribution in [1.29, 1.82) is 0 Å². The molecule has 0 saturated heterocycles. The minimum absolute atomic E-state index is 0.221. The first-order chi connectivity index (χ1) is 9.63. The van der Waals surface area contributed by atoms with Crippen LogP contribution in [0.3, 0.4) is 0 Å². The number of amides is 1. The lowest BCUT2D eigenvalue weighted by Crippen LogP contribution is -2.12. The molecule has 1 heterocycles. The van der Waals surface area contributed by atoms with Gasteiger partial charge in [0.15, 0.2) is 11.6 Å². The van der Waals surface area contributed by atoms with E-state index in [0.29, 0.717) is 23.6 Å². The van der Waals surface area contributed by atoms with Crippen LogP contribution in [0.4, 0.5) is 5.69 Å². The van der Waals surface area contributed by atoms with Gasteiger partial charge in [0.2, 0.25) is 0 Å². The fourth-order valence-corrected chi connectivity index (χ4v) is 1.58. The van der Waals surface area contributed by atoms with Gasteiger partial charge in [0.1, 0.15) is 6.26 Å². The first-order valence-corrected chi connectivity index (χ1v) is 6.08. The number of hydrogen-bond acceptors (Lipinski definition) is 5. The summed E-state index contributed by atoms with van der Waals surface area (Å²) >= 11 is 0. The van der Waals surface area contributed by atoms with E-state index in [9.17, 15) is 9.59 Å². The van der Waals surface area contributed by atoms with Crippen molar-refractivity contribution in [3.8, 4) is 0 Å². The van der Waals surface area contributed by atoms with E-state index in [0.717, 1.165) is 0 Å². The molecule has 6 nitrogen and oxygen atoms in total. The molecule has 0 aliphatic rings. The molecule has 6 heteroatoms. The van der Waals surface area contributed by atoms with Gasteiger partial charge in [-0.15, -0.1) is 0 Å². The molecule has 0 bridgehead atoms.